The molecule has 6 heteroatoms. The lowest BCUT2D eigenvalue weighted by Crippen LogP contribution is -2.61. The summed E-state index contributed by atoms with van der Waals surface area (Å²) < 4.78 is 7.67. The van der Waals surface area contributed by atoms with E-state index >= 15 is 0 Å². The third kappa shape index (κ3) is 6.95. The van der Waals surface area contributed by atoms with Crippen LogP contribution in [0.1, 0.15) is 174 Å². The molecular weight excluding hydrogens is 988 g/mol. The molecule has 6 aromatic carbocycles. The molecule has 5 aliphatic rings. The second-order valence-electron chi connectivity index (χ2n) is 26.9. The standard InChI is InChI=1S/C66H73BIN3O/c1-60(2,3)40-24-27-42(28-25-40)69-52-31-26-41(61(4,5)6)36-49(52)67-56-53(69)38-44(70-50-22-18-16-20-46(50)65(13,14)47-21-17-19-23-51(47)70)39-54(56)71(43-29-30-45-48(37-43)63(9,10)33-32-62(45,7)8)57-55-58(72-59(57)67)64(11,12)34-35-66(55,15)68/h16-31,36-39H,32-35H2,1-15H3. The van der Waals surface area contributed by atoms with Crippen molar-refractivity contribution in [3.05, 3.63) is 166 Å². The zero-order valence-electron chi connectivity index (χ0n) is 45.6. The van der Waals surface area contributed by atoms with E-state index in [-0.39, 0.29) is 42.6 Å². The lowest BCUT2D eigenvalue weighted by molar-refractivity contribution is 0.320. The molecule has 7 aromatic rings. The van der Waals surface area contributed by atoms with E-state index in [2.05, 4.69) is 262 Å². The Morgan fingerprint density at radius 3 is 1.61 bits per heavy atom. The Labute approximate surface area is 444 Å². The van der Waals surface area contributed by atoms with Gasteiger partial charge in [-0.1, -0.05) is 186 Å². The Balaban J connectivity index is 1.25. The molecule has 0 bridgehead atoms. The molecule has 1 atom stereocenters. The SMILES string of the molecule is CC(C)(C)c1ccc(N2c3ccc(C(C)(C)C)cc3B3c4oc5c(c4N(c4ccc6c(c4)C(C)(C)CCC6(C)C)c4cc(N6c7ccccc7C(C)(C)c7ccccc76)cc2c43)C(C)(I)CCC5(C)C)cc1. The van der Waals surface area contributed by atoms with Crippen molar-refractivity contribution in [3.8, 4) is 0 Å². The molecule has 1 aromatic heterocycles. The minimum atomic E-state index is -0.195. The first-order valence-electron chi connectivity index (χ1n) is 26.7. The van der Waals surface area contributed by atoms with Crippen molar-refractivity contribution < 1.29 is 4.42 Å². The second-order valence-corrected chi connectivity index (χ2v) is 29.3. The summed E-state index contributed by atoms with van der Waals surface area (Å²) in [5.74, 6) is 1.14. The Hall–Kier alpha value is -5.21. The van der Waals surface area contributed by atoms with Crippen molar-refractivity contribution in [2.75, 3.05) is 14.7 Å². The minimum Gasteiger partial charge on any atom is -0.472 e. The number of halogens is 1. The summed E-state index contributed by atoms with van der Waals surface area (Å²) in [5, 5.41) is 0. The normalized spacial score (nSPS) is 20.7. The Morgan fingerprint density at radius 2 is 1.00 bits per heavy atom. The lowest BCUT2D eigenvalue weighted by Gasteiger charge is -2.46. The van der Waals surface area contributed by atoms with Crippen LogP contribution < -0.4 is 31.3 Å². The van der Waals surface area contributed by atoms with Gasteiger partial charge in [0.2, 0.25) is 0 Å². The van der Waals surface area contributed by atoms with Crippen LogP contribution in [0.3, 0.4) is 0 Å². The van der Waals surface area contributed by atoms with Gasteiger partial charge in [0.25, 0.3) is 6.71 Å². The number of hydrogen-bond donors (Lipinski definition) is 0. The number of para-hydroxylation sites is 2. The van der Waals surface area contributed by atoms with Gasteiger partial charge in [0.05, 0.1) is 28.4 Å². The Morgan fingerprint density at radius 1 is 0.472 bits per heavy atom. The molecular formula is C66H73BIN3O. The molecule has 0 spiro atoms. The van der Waals surface area contributed by atoms with Gasteiger partial charge in [-0.15, -0.1) is 0 Å². The van der Waals surface area contributed by atoms with Crippen LogP contribution >= 0.6 is 22.6 Å². The molecule has 0 N–H and O–H groups in total. The van der Waals surface area contributed by atoms with Crippen molar-refractivity contribution in [3.63, 3.8) is 0 Å². The van der Waals surface area contributed by atoms with Gasteiger partial charge in [-0.3, -0.25) is 0 Å². The van der Waals surface area contributed by atoms with Crippen LogP contribution in [0.2, 0.25) is 0 Å². The molecule has 4 nitrogen and oxygen atoms in total. The summed E-state index contributed by atoms with van der Waals surface area (Å²) in [6, 6.07) is 47.6. The summed E-state index contributed by atoms with van der Waals surface area (Å²) in [7, 11) is 0. The fraction of sp³-hybridized carbons (Fsp3) is 0.394. The molecule has 1 unspecified atom stereocenters. The van der Waals surface area contributed by atoms with Crippen molar-refractivity contribution in [2.24, 2.45) is 0 Å². The molecule has 0 fully saturated rings. The largest absolute Gasteiger partial charge is 0.472 e. The quantitative estimate of drug-likeness (QED) is 0.0999. The van der Waals surface area contributed by atoms with Gasteiger partial charge in [-0.2, -0.15) is 0 Å². The highest BCUT2D eigenvalue weighted by molar-refractivity contribution is 14.1. The van der Waals surface area contributed by atoms with E-state index in [0.29, 0.717) is 0 Å². The molecule has 12 rings (SSSR count). The molecule has 0 radical (unpaired) electrons. The predicted molar refractivity (Wildman–Crippen MR) is 316 cm³/mol. The first-order chi connectivity index (χ1) is 33.7. The average Bonchev–Trinajstić information content (AvgIpc) is 3.74. The molecule has 4 heterocycles. The fourth-order valence-corrected chi connectivity index (χ4v) is 14.2. The number of rotatable bonds is 3. The van der Waals surface area contributed by atoms with E-state index in [4.69, 9.17) is 4.42 Å². The molecule has 2 aliphatic carbocycles. The fourth-order valence-electron chi connectivity index (χ4n) is 13.5. The number of nitrogens with zero attached hydrogens (tertiary/aromatic N) is 3. The van der Waals surface area contributed by atoms with Crippen LogP contribution in [-0.2, 0) is 35.9 Å². The van der Waals surface area contributed by atoms with Crippen LogP contribution in [0.5, 0.6) is 0 Å². The van der Waals surface area contributed by atoms with Crippen LogP contribution in [0.25, 0.3) is 0 Å². The number of benzene rings is 6. The zero-order valence-corrected chi connectivity index (χ0v) is 47.7. The van der Waals surface area contributed by atoms with E-state index in [1.54, 1.807) is 0 Å². The van der Waals surface area contributed by atoms with E-state index in [1.807, 2.05) is 0 Å². The maximum atomic E-state index is 7.83. The van der Waals surface area contributed by atoms with Gasteiger partial charge in [-0.05, 0) is 153 Å². The van der Waals surface area contributed by atoms with Crippen molar-refractivity contribution >= 4 is 97.1 Å². The highest BCUT2D eigenvalue weighted by Gasteiger charge is 2.54. The maximum absolute atomic E-state index is 7.83. The number of hydrogen-bond acceptors (Lipinski definition) is 4. The summed E-state index contributed by atoms with van der Waals surface area (Å²) in [4.78, 5) is 7.86. The third-order valence-corrected chi connectivity index (χ3v) is 19.1. The van der Waals surface area contributed by atoms with Gasteiger partial charge in [0.1, 0.15) is 5.76 Å². The summed E-state index contributed by atoms with van der Waals surface area (Å²) in [6.45, 7) is 35.7. The van der Waals surface area contributed by atoms with Gasteiger partial charge < -0.3 is 19.1 Å². The molecule has 0 saturated carbocycles. The van der Waals surface area contributed by atoms with Crippen molar-refractivity contribution in [1.29, 1.82) is 0 Å². The molecule has 72 heavy (non-hydrogen) atoms. The summed E-state index contributed by atoms with van der Waals surface area (Å²) in [6.07, 6.45) is 4.46. The summed E-state index contributed by atoms with van der Waals surface area (Å²) in [5.41, 5.74) is 23.8. The highest BCUT2D eigenvalue weighted by atomic mass is 127. The number of fused-ring (bicyclic) bond motifs is 9. The van der Waals surface area contributed by atoms with Gasteiger partial charge in [0.15, 0.2) is 0 Å². The Kier molecular flexibility index (Phi) is 10.2. The molecule has 0 amide bonds. The van der Waals surface area contributed by atoms with Crippen LogP contribution in [0.4, 0.5) is 51.2 Å². The zero-order chi connectivity index (χ0) is 51.0. The monoisotopic (exact) mass is 1060 g/mol. The Bertz CT molecular complexity index is 3340. The topological polar surface area (TPSA) is 22.9 Å². The van der Waals surface area contributed by atoms with E-state index < -0.39 is 0 Å². The molecule has 3 aliphatic heterocycles. The van der Waals surface area contributed by atoms with Crippen LogP contribution in [0.15, 0.2) is 126 Å². The van der Waals surface area contributed by atoms with Gasteiger partial charge in [0, 0.05) is 48.3 Å². The van der Waals surface area contributed by atoms with Gasteiger partial charge in [-0.25, -0.2) is 0 Å². The first kappa shape index (κ1) is 47.8. The van der Waals surface area contributed by atoms with E-state index in [9.17, 15) is 0 Å². The third-order valence-electron chi connectivity index (χ3n) is 18.1. The van der Waals surface area contributed by atoms with E-state index in [1.165, 1.54) is 96.1 Å². The van der Waals surface area contributed by atoms with Gasteiger partial charge >= 0.3 is 0 Å². The highest BCUT2D eigenvalue weighted by Crippen LogP contribution is 2.59. The van der Waals surface area contributed by atoms with Crippen LogP contribution in [-0.4, -0.2) is 6.71 Å². The molecule has 0 saturated heterocycles. The summed E-state index contributed by atoms with van der Waals surface area (Å²) >= 11 is 2.79. The minimum absolute atomic E-state index is 0.0157. The van der Waals surface area contributed by atoms with Crippen molar-refractivity contribution in [1.82, 2.24) is 0 Å². The lowest BCUT2D eigenvalue weighted by atomic mass is 9.35. The average molecular weight is 1060 g/mol. The molecule has 368 valence electrons. The number of anilines is 9. The van der Waals surface area contributed by atoms with Crippen molar-refractivity contribution in [2.45, 2.75) is 165 Å². The predicted octanol–water partition coefficient (Wildman–Crippen LogP) is 17.1. The second kappa shape index (κ2) is 15.4. The number of alkyl halides is 1. The van der Waals surface area contributed by atoms with Crippen LogP contribution in [0, 0.1) is 0 Å². The van der Waals surface area contributed by atoms with E-state index in [0.717, 1.165) is 42.1 Å². The first-order valence-corrected chi connectivity index (χ1v) is 27.8. The smallest absolute Gasteiger partial charge is 0.297 e. The number of furan rings is 1. The maximum Gasteiger partial charge on any atom is 0.297 e.